The lowest BCUT2D eigenvalue weighted by Gasteiger charge is -2.10. The summed E-state index contributed by atoms with van der Waals surface area (Å²) in [5.74, 6) is 0.695. The van der Waals surface area contributed by atoms with E-state index in [0.717, 1.165) is 0 Å². The van der Waals surface area contributed by atoms with Crippen LogP contribution in [0.4, 0.5) is 0 Å². The number of hydrogen-bond donors (Lipinski definition) is 1. The maximum absolute atomic E-state index is 9.38. The van der Waals surface area contributed by atoms with Crippen LogP contribution < -0.4 is 4.74 Å². The zero-order valence-electron chi connectivity index (χ0n) is 10.8. The highest BCUT2D eigenvalue weighted by Crippen LogP contribution is 2.39. The van der Waals surface area contributed by atoms with Gasteiger partial charge >= 0.3 is 0 Å². The van der Waals surface area contributed by atoms with E-state index in [1.165, 1.54) is 0 Å². The normalized spacial score (nSPS) is 10.5. The number of ether oxygens (including phenoxy) is 1. The molecule has 0 aliphatic heterocycles. The Balaban J connectivity index is 2.17. The third-order valence-electron chi connectivity index (χ3n) is 3.07. The molecule has 4 nitrogen and oxygen atoms in total. The van der Waals surface area contributed by atoms with Crippen LogP contribution in [0.2, 0.25) is 5.02 Å². The molecule has 0 amide bonds. The Kier molecular flexibility index (Phi) is 3.53. The number of nitriles is 1. The highest BCUT2D eigenvalue weighted by Gasteiger charge is 2.18. The summed E-state index contributed by atoms with van der Waals surface area (Å²) in [4.78, 5) is 0. The van der Waals surface area contributed by atoms with Crippen LogP contribution in [0.15, 0.2) is 46.9 Å². The van der Waals surface area contributed by atoms with Gasteiger partial charge in [-0.1, -0.05) is 35.9 Å². The van der Waals surface area contributed by atoms with E-state index in [1.54, 1.807) is 30.3 Å². The first-order chi connectivity index (χ1) is 10.2. The summed E-state index contributed by atoms with van der Waals surface area (Å²) in [5, 5.41) is 19.6. The summed E-state index contributed by atoms with van der Waals surface area (Å²) in [6.07, 6.45) is 0. The molecule has 0 bridgehead atoms. The fourth-order valence-corrected chi connectivity index (χ4v) is 2.32. The molecule has 0 saturated carbocycles. The number of benzene rings is 2. The first-order valence-electron chi connectivity index (χ1n) is 6.22. The van der Waals surface area contributed by atoms with Crippen molar-refractivity contribution < 1.29 is 14.3 Å². The molecule has 1 heterocycles. The first-order valence-corrected chi connectivity index (χ1v) is 6.60. The average Bonchev–Trinajstić information content (AvgIpc) is 2.87. The second kappa shape index (κ2) is 5.49. The van der Waals surface area contributed by atoms with Gasteiger partial charge in [0.2, 0.25) is 5.76 Å². The molecule has 2 aromatic carbocycles. The molecule has 0 aliphatic carbocycles. The van der Waals surface area contributed by atoms with Crippen molar-refractivity contribution in [2.75, 3.05) is 0 Å². The van der Waals surface area contributed by atoms with E-state index in [0.29, 0.717) is 33.1 Å². The number of aliphatic hydroxyl groups is 1. The van der Waals surface area contributed by atoms with Crippen molar-refractivity contribution in [3.8, 4) is 17.6 Å². The molecule has 1 N–H and O–H groups in total. The summed E-state index contributed by atoms with van der Waals surface area (Å²) in [6, 6.07) is 14.2. The van der Waals surface area contributed by atoms with E-state index >= 15 is 0 Å². The van der Waals surface area contributed by atoms with Crippen molar-refractivity contribution in [2.24, 2.45) is 0 Å². The number of rotatable bonds is 3. The number of nitrogens with zero attached hydrogens (tertiary/aromatic N) is 1. The average molecular weight is 300 g/mol. The van der Waals surface area contributed by atoms with Crippen LogP contribution in [0, 0.1) is 11.3 Å². The number of fused-ring (bicyclic) bond motifs is 1. The minimum absolute atomic E-state index is 0.0695. The van der Waals surface area contributed by atoms with E-state index in [-0.39, 0.29) is 12.4 Å². The fraction of sp³-hybridized carbons (Fsp3) is 0.0625. The zero-order valence-corrected chi connectivity index (χ0v) is 11.6. The van der Waals surface area contributed by atoms with Gasteiger partial charge in [0.1, 0.15) is 11.7 Å². The van der Waals surface area contributed by atoms with Gasteiger partial charge in [-0.15, -0.1) is 0 Å². The topological polar surface area (TPSA) is 66.4 Å². The molecule has 0 unspecified atom stereocenters. The number of aliphatic hydroxyl groups excluding tert-OH is 1. The van der Waals surface area contributed by atoms with E-state index in [1.807, 2.05) is 18.2 Å². The van der Waals surface area contributed by atoms with Crippen molar-refractivity contribution in [1.82, 2.24) is 0 Å². The second-order valence-electron chi connectivity index (χ2n) is 4.36. The Morgan fingerprint density at radius 1 is 1.14 bits per heavy atom. The molecule has 5 heteroatoms. The predicted molar refractivity (Wildman–Crippen MR) is 78.4 cm³/mol. The minimum Gasteiger partial charge on any atom is -0.450 e. The van der Waals surface area contributed by atoms with Gasteiger partial charge in [-0.2, -0.15) is 5.26 Å². The maximum Gasteiger partial charge on any atom is 0.247 e. The van der Waals surface area contributed by atoms with Gasteiger partial charge in [0, 0.05) is 5.56 Å². The molecule has 3 aromatic rings. The molecule has 21 heavy (non-hydrogen) atoms. The first kappa shape index (κ1) is 13.5. The molecular weight excluding hydrogens is 290 g/mol. The van der Waals surface area contributed by atoms with Gasteiger partial charge in [-0.05, 0) is 18.2 Å². The summed E-state index contributed by atoms with van der Waals surface area (Å²) in [5.41, 5.74) is 1.10. The number of hydrogen-bond acceptors (Lipinski definition) is 4. The molecule has 0 fully saturated rings. The van der Waals surface area contributed by atoms with Gasteiger partial charge in [-0.25, -0.2) is 0 Å². The lowest BCUT2D eigenvalue weighted by molar-refractivity contribution is 0.276. The van der Waals surface area contributed by atoms with Gasteiger partial charge in [-0.3, -0.25) is 0 Å². The fourth-order valence-electron chi connectivity index (χ4n) is 2.09. The van der Waals surface area contributed by atoms with Gasteiger partial charge in [0.25, 0.3) is 0 Å². The maximum atomic E-state index is 9.38. The monoisotopic (exact) mass is 299 g/mol. The second-order valence-corrected chi connectivity index (χ2v) is 4.76. The molecule has 0 spiro atoms. The standard InChI is InChI=1S/C16H10ClNO3/c17-12-6-3-4-10(9-19)15(12)21-16-11-5-1-2-7-13(11)20-14(16)8-18/h1-7,19H,9H2. The number of para-hydroxylation sites is 2. The summed E-state index contributed by atoms with van der Waals surface area (Å²) >= 11 is 6.12. The Morgan fingerprint density at radius 2 is 1.95 bits per heavy atom. The van der Waals surface area contributed by atoms with E-state index < -0.39 is 0 Å². The smallest absolute Gasteiger partial charge is 0.247 e. The highest BCUT2D eigenvalue weighted by atomic mass is 35.5. The van der Waals surface area contributed by atoms with Gasteiger partial charge in [0.05, 0.1) is 17.0 Å². The van der Waals surface area contributed by atoms with Crippen LogP contribution >= 0.6 is 11.6 Å². The van der Waals surface area contributed by atoms with Crippen LogP contribution in [0.5, 0.6) is 11.5 Å². The number of furan rings is 1. The number of halogens is 1. The molecule has 0 aliphatic rings. The third-order valence-corrected chi connectivity index (χ3v) is 3.37. The highest BCUT2D eigenvalue weighted by molar-refractivity contribution is 6.32. The third kappa shape index (κ3) is 2.33. The van der Waals surface area contributed by atoms with E-state index in [9.17, 15) is 10.4 Å². The Bertz CT molecular complexity index is 848. The predicted octanol–water partition coefficient (Wildman–Crippen LogP) is 4.24. The van der Waals surface area contributed by atoms with Crippen molar-refractivity contribution in [2.45, 2.75) is 6.61 Å². The Labute approximate surface area is 125 Å². The molecule has 0 radical (unpaired) electrons. The van der Waals surface area contributed by atoms with E-state index in [4.69, 9.17) is 20.8 Å². The van der Waals surface area contributed by atoms with Crippen LogP contribution in [0.3, 0.4) is 0 Å². The summed E-state index contributed by atoms with van der Waals surface area (Å²) in [6.45, 7) is -0.215. The molecule has 0 atom stereocenters. The minimum atomic E-state index is -0.215. The van der Waals surface area contributed by atoms with Crippen molar-refractivity contribution in [1.29, 1.82) is 5.26 Å². The Hall–Kier alpha value is -2.48. The lowest BCUT2D eigenvalue weighted by atomic mass is 10.2. The Morgan fingerprint density at radius 3 is 2.71 bits per heavy atom. The quantitative estimate of drug-likeness (QED) is 0.785. The lowest BCUT2D eigenvalue weighted by Crippen LogP contribution is -1.93. The summed E-state index contributed by atoms with van der Waals surface area (Å²) in [7, 11) is 0. The zero-order chi connectivity index (χ0) is 14.8. The van der Waals surface area contributed by atoms with Crippen molar-refractivity contribution in [3.05, 3.63) is 58.8 Å². The van der Waals surface area contributed by atoms with Gasteiger partial charge in [0.15, 0.2) is 11.5 Å². The summed E-state index contributed by atoms with van der Waals surface area (Å²) < 4.78 is 11.2. The molecular formula is C16H10ClNO3. The largest absolute Gasteiger partial charge is 0.450 e. The molecule has 104 valence electrons. The van der Waals surface area contributed by atoms with E-state index in [2.05, 4.69) is 0 Å². The van der Waals surface area contributed by atoms with Crippen molar-refractivity contribution >= 4 is 22.6 Å². The van der Waals surface area contributed by atoms with Crippen LogP contribution in [-0.4, -0.2) is 5.11 Å². The van der Waals surface area contributed by atoms with Crippen molar-refractivity contribution in [3.63, 3.8) is 0 Å². The van der Waals surface area contributed by atoms with Crippen LogP contribution in [-0.2, 0) is 6.61 Å². The SMILES string of the molecule is N#Cc1oc2ccccc2c1Oc1c(Cl)cccc1CO. The van der Waals surface area contributed by atoms with Crippen LogP contribution in [0.1, 0.15) is 11.3 Å². The van der Waals surface area contributed by atoms with Crippen LogP contribution in [0.25, 0.3) is 11.0 Å². The molecule has 0 saturated heterocycles. The molecule has 1 aromatic heterocycles. The van der Waals surface area contributed by atoms with Gasteiger partial charge < -0.3 is 14.3 Å². The molecule has 3 rings (SSSR count).